The molecule has 3 aromatic rings. The molecule has 2 bridgehead atoms. The average Bonchev–Trinajstić information content (AvgIpc) is 3.50. The molecule has 0 radical (unpaired) electrons. The quantitative estimate of drug-likeness (QED) is 0.199. The van der Waals surface area contributed by atoms with Crippen LogP contribution in [0.3, 0.4) is 0 Å². The van der Waals surface area contributed by atoms with Gasteiger partial charge in [-0.05, 0) is 50.4 Å². The van der Waals surface area contributed by atoms with Gasteiger partial charge in [0.25, 0.3) is 0 Å². The molecule has 4 atom stereocenters. The van der Waals surface area contributed by atoms with Crippen molar-refractivity contribution in [3.05, 3.63) is 75.3 Å². The van der Waals surface area contributed by atoms with E-state index in [1.807, 2.05) is 57.3 Å². The zero-order valence-corrected chi connectivity index (χ0v) is 28.7. The predicted octanol–water partition coefficient (Wildman–Crippen LogP) is 4.41. The van der Waals surface area contributed by atoms with E-state index in [9.17, 15) is 20.0 Å². The zero-order chi connectivity index (χ0) is 34.6. The molecule has 1 fully saturated rings. The molecule has 3 aromatic carbocycles. The fourth-order valence-corrected chi connectivity index (χ4v) is 8.69. The number of nitrogens with one attached hydrogen (secondary N) is 1. The summed E-state index contributed by atoms with van der Waals surface area (Å²) in [5, 5.41) is 26.1. The molecular weight excluding hydrogens is 648 g/mol. The van der Waals surface area contributed by atoms with Gasteiger partial charge in [-0.15, -0.1) is 11.6 Å². The second kappa shape index (κ2) is 12.8. The number of nitrogens with zero attached hydrogens (tertiary/aromatic N) is 3. The highest BCUT2D eigenvalue weighted by Crippen LogP contribution is 2.59. The molecule has 1 amide bonds. The molecule has 0 aromatic heterocycles. The number of hydrogen-bond acceptors (Lipinski definition) is 10. The average molecular weight is 687 g/mol. The summed E-state index contributed by atoms with van der Waals surface area (Å²) in [6.45, 7) is 4.21. The van der Waals surface area contributed by atoms with Crippen LogP contribution in [0.5, 0.6) is 28.7 Å². The molecule has 0 saturated carbocycles. The van der Waals surface area contributed by atoms with Gasteiger partial charge in [-0.3, -0.25) is 19.4 Å². The van der Waals surface area contributed by atoms with Crippen LogP contribution >= 0.6 is 11.6 Å². The summed E-state index contributed by atoms with van der Waals surface area (Å²) >= 11 is 5.93. The lowest BCUT2D eigenvalue weighted by atomic mass is 9.76. The lowest BCUT2D eigenvalue weighted by Crippen LogP contribution is -2.68. The third kappa shape index (κ3) is 5.34. The number of hydrogen-bond donors (Lipinski definition) is 2. The first-order chi connectivity index (χ1) is 23.6. The topological polar surface area (TPSA) is 134 Å². The Hall–Kier alpha value is -4.50. The van der Waals surface area contributed by atoms with Crippen molar-refractivity contribution < 1.29 is 33.6 Å². The van der Waals surface area contributed by atoms with Crippen molar-refractivity contribution >= 4 is 23.5 Å². The van der Waals surface area contributed by atoms with E-state index in [-0.39, 0.29) is 49.4 Å². The van der Waals surface area contributed by atoms with Gasteiger partial charge in [0, 0.05) is 54.2 Å². The number of piperazine rings is 1. The number of phenols is 1. The minimum absolute atomic E-state index is 0.0256. The van der Waals surface area contributed by atoms with Crippen molar-refractivity contribution in [1.29, 1.82) is 5.26 Å². The summed E-state index contributed by atoms with van der Waals surface area (Å²) in [5.74, 6) is 0.662. The van der Waals surface area contributed by atoms with E-state index in [0.717, 1.165) is 22.3 Å². The lowest BCUT2D eigenvalue weighted by Gasteiger charge is -2.58. The summed E-state index contributed by atoms with van der Waals surface area (Å²) in [4.78, 5) is 30.5. The first kappa shape index (κ1) is 33.0. The lowest BCUT2D eigenvalue weighted by molar-refractivity contribution is -0.131. The Labute approximate surface area is 290 Å². The number of carbonyl (C=O) groups is 2. The molecular formula is C37H39ClN4O7. The normalized spacial score (nSPS) is 23.5. The Kier molecular flexibility index (Phi) is 8.59. The number of halogens is 1. The van der Waals surface area contributed by atoms with Crippen LogP contribution in [-0.4, -0.2) is 78.3 Å². The second-order valence-electron chi connectivity index (χ2n) is 13.3. The van der Waals surface area contributed by atoms with Crippen molar-refractivity contribution in [2.24, 2.45) is 0 Å². The Morgan fingerprint density at radius 1 is 1.16 bits per heavy atom. The van der Waals surface area contributed by atoms with Crippen LogP contribution in [-0.2, 0) is 28.9 Å². The smallest absolute Gasteiger partial charge is 0.326 e. The van der Waals surface area contributed by atoms with E-state index in [1.165, 1.54) is 7.11 Å². The van der Waals surface area contributed by atoms with Crippen LogP contribution in [0, 0.1) is 25.2 Å². The van der Waals surface area contributed by atoms with Gasteiger partial charge in [0.15, 0.2) is 23.0 Å². The standard InChI is InChI=1S/C37H39ClN4O7/c1-20-12-23-14-37(17-39)18-41(3)31(29(23)32(45)33(20)46-4)25-13-24-30(36-35(47-19-48-36)21(2)34(24)49-28(44)15-38)26(42(25)37)16-40-27(43)11-10-22-8-6-5-7-9-22/h5-9,12,25-26,31,45H,10-11,13-16,18-19H2,1-4H3,(H,40,43)/t25?,26-,31-,37-/m0/s1. The van der Waals surface area contributed by atoms with E-state index in [1.54, 1.807) is 0 Å². The van der Waals surface area contributed by atoms with Crippen LogP contribution in [0.15, 0.2) is 36.4 Å². The number of nitriles is 1. The second-order valence-corrected chi connectivity index (χ2v) is 13.6. The van der Waals surface area contributed by atoms with Gasteiger partial charge in [0.1, 0.15) is 17.2 Å². The molecule has 256 valence electrons. The summed E-state index contributed by atoms with van der Waals surface area (Å²) in [6.07, 6.45) is 1.55. The fourth-order valence-electron chi connectivity index (χ4n) is 8.63. The number of aromatic hydroxyl groups is 1. The summed E-state index contributed by atoms with van der Waals surface area (Å²) in [5.41, 5.74) is 4.38. The SMILES string of the molecule is COc1c(C)cc2c(c1O)[C@@H]1C3Cc4c(OC(=O)CCl)c(C)c5c(c4[C@H](CNC(=O)CCc4ccccc4)N3[C@](C#N)(C2)CN1C)OCO5. The number of fused-ring (bicyclic) bond motifs is 4. The van der Waals surface area contributed by atoms with Gasteiger partial charge in [-0.2, -0.15) is 5.26 Å². The van der Waals surface area contributed by atoms with Gasteiger partial charge in [-0.25, -0.2) is 0 Å². The van der Waals surface area contributed by atoms with Crippen LogP contribution in [0.2, 0.25) is 0 Å². The predicted molar refractivity (Wildman–Crippen MR) is 180 cm³/mol. The van der Waals surface area contributed by atoms with Crippen LogP contribution in [0.25, 0.3) is 0 Å². The molecule has 5 heterocycles. The number of likely N-dealkylation sites (N-methyl/N-ethyl adjacent to an activating group) is 1. The summed E-state index contributed by atoms with van der Waals surface area (Å²) < 4.78 is 23.7. The molecule has 12 heteroatoms. The van der Waals surface area contributed by atoms with Crippen molar-refractivity contribution in [3.8, 4) is 34.8 Å². The van der Waals surface area contributed by atoms with Crippen LogP contribution in [0.1, 0.15) is 57.4 Å². The number of phenolic OH excluding ortho intramolecular Hbond substituents is 1. The number of benzene rings is 3. The number of esters is 1. The highest BCUT2D eigenvalue weighted by Gasteiger charge is 2.60. The van der Waals surface area contributed by atoms with Gasteiger partial charge < -0.3 is 29.4 Å². The molecule has 2 N–H and O–H groups in total. The van der Waals surface area contributed by atoms with E-state index < -0.39 is 17.6 Å². The maximum absolute atomic E-state index is 13.4. The van der Waals surface area contributed by atoms with E-state index in [0.29, 0.717) is 65.5 Å². The monoisotopic (exact) mass is 686 g/mol. The zero-order valence-electron chi connectivity index (χ0n) is 28.0. The number of aryl methyl sites for hydroxylation is 2. The highest BCUT2D eigenvalue weighted by atomic mass is 35.5. The van der Waals surface area contributed by atoms with E-state index in [4.69, 9.17) is 30.5 Å². The third-order valence-corrected chi connectivity index (χ3v) is 10.7. The number of alkyl halides is 1. The highest BCUT2D eigenvalue weighted by molar-refractivity contribution is 6.26. The molecule has 49 heavy (non-hydrogen) atoms. The first-order valence-electron chi connectivity index (χ1n) is 16.4. The van der Waals surface area contributed by atoms with Crippen molar-refractivity contribution in [1.82, 2.24) is 15.1 Å². The number of rotatable bonds is 8. The first-order valence-corrected chi connectivity index (χ1v) is 17.0. The molecule has 0 aliphatic carbocycles. The molecule has 11 nitrogen and oxygen atoms in total. The minimum atomic E-state index is -1.06. The Bertz CT molecular complexity index is 1880. The van der Waals surface area contributed by atoms with Gasteiger partial charge in [0.2, 0.25) is 12.7 Å². The molecule has 8 rings (SSSR count). The molecule has 1 saturated heterocycles. The number of carbonyl (C=O) groups excluding carboxylic acids is 2. The van der Waals surface area contributed by atoms with Gasteiger partial charge >= 0.3 is 5.97 Å². The fraction of sp³-hybridized carbons (Fsp3) is 0.432. The van der Waals surface area contributed by atoms with Gasteiger partial charge in [-0.1, -0.05) is 36.4 Å². The minimum Gasteiger partial charge on any atom is -0.504 e. The van der Waals surface area contributed by atoms with E-state index >= 15 is 0 Å². The van der Waals surface area contributed by atoms with Crippen molar-refractivity contribution in [2.45, 2.75) is 63.2 Å². The number of methoxy groups -OCH3 is 1. The maximum atomic E-state index is 13.4. The summed E-state index contributed by atoms with van der Waals surface area (Å²) in [7, 11) is 3.50. The van der Waals surface area contributed by atoms with Crippen molar-refractivity contribution in [2.75, 3.05) is 39.9 Å². The van der Waals surface area contributed by atoms with Crippen molar-refractivity contribution in [3.63, 3.8) is 0 Å². The molecule has 5 aliphatic rings. The molecule has 5 aliphatic heterocycles. The largest absolute Gasteiger partial charge is 0.504 e. The van der Waals surface area contributed by atoms with Gasteiger partial charge in [0.05, 0.1) is 25.3 Å². The summed E-state index contributed by atoms with van der Waals surface area (Å²) in [6, 6.07) is 13.2. The van der Waals surface area contributed by atoms with Crippen LogP contribution in [0.4, 0.5) is 0 Å². The number of amides is 1. The molecule has 1 unspecified atom stereocenters. The third-order valence-electron chi connectivity index (χ3n) is 10.5. The van der Waals surface area contributed by atoms with E-state index in [2.05, 4.69) is 21.2 Å². The Morgan fingerprint density at radius 2 is 1.92 bits per heavy atom. The van der Waals surface area contributed by atoms with Crippen LogP contribution < -0.4 is 24.3 Å². The Balaban J connectivity index is 1.39. The molecule has 0 spiro atoms. The maximum Gasteiger partial charge on any atom is 0.326 e. The number of ether oxygens (including phenoxy) is 4. The Morgan fingerprint density at radius 3 is 2.63 bits per heavy atom.